The van der Waals surface area contributed by atoms with E-state index in [1.807, 2.05) is 37.3 Å². The van der Waals surface area contributed by atoms with Gasteiger partial charge in [-0.25, -0.2) is 0 Å². The van der Waals surface area contributed by atoms with Crippen molar-refractivity contribution in [3.8, 4) is 0 Å². The molecule has 0 spiro atoms. The largest absolute Gasteiger partial charge is 0.456 e. The van der Waals surface area contributed by atoms with Crippen LogP contribution in [0.2, 0.25) is 0 Å². The molecule has 7 nitrogen and oxygen atoms in total. The molecular weight excluding hydrogens is 406 g/mol. The van der Waals surface area contributed by atoms with E-state index in [9.17, 15) is 18.6 Å². The van der Waals surface area contributed by atoms with Crippen molar-refractivity contribution in [3.05, 3.63) is 60.2 Å². The Balaban J connectivity index is 0.000000461. The summed E-state index contributed by atoms with van der Waals surface area (Å²) in [5.41, 5.74) is 2.10. The lowest BCUT2D eigenvalue weighted by atomic mass is 9.97. The molecule has 1 heterocycles. The topological polar surface area (TPSA) is 120 Å². The summed E-state index contributed by atoms with van der Waals surface area (Å²) in [6.45, 7) is 2.06. The number of hydrogen-bond donors (Lipinski definition) is 4. The number of hydrogen-bond acceptors (Lipinski definition) is 6. The molecule has 0 aliphatic heterocycles. The van der Waals surface area contributed by atoms with Crippen LogP contribution >= 0.6 is 0 Å². The van der Waals surface area contributed by atoms with Gasteiger partial charge in [-0.15, -0.1) is 0 Å². The standard InChI is InChI=1S/C21H21NO3.CH4O3S/c1-21(12-23,13-24)22-11-17-15-7-3-2-6-14(15)10-19-20(17)16-8-4-5-9-18(16)25-19;1-5(2,3)4/h2-10,22-24H,11-13H2,1H3;1H3,(H,2,3,4). The molecule has 0 aliphatic carbocycles. The zero-order chi connectivity index (χ0) is 21.9. The van der Waals surface area contributed by atoms with Gasteiger partial charge in [-0.3, -0.25) is 4.55 Å². The van der Waals surface area contributed by atoms with Crippen molar-refractivity contribution in [3.63, 3.8) is 0 Å². The van der Waals surface area contributed by atoms with E-state index in [0.29, 0.717) is 12.8 Å². The van der Waals surface area contributed by atoms with Crippen molar-refractivity contribution in [2.24, 2.45) is 0 Å². The molecule has 0 saturated heterocycles. The number of para-hydroxylation sites is 1. The lowest BCUT2D eigenvalue weighted by molar-refractivity contribution is 0.103. The average molecular weight is 432 g/mol. The maximum Gasteiger partial charge on any atom is 0.261 e. The fraction of sp³-hybridized carbons (Fsp3) is 0.273. The maximum atomic E-state index is 9.58. The maximum absolute atomic E-state index is 9.58. The number of aliphatic hydroxyl groups is 2. The average Bonchev–Trinajstić information content (AvgIpc) is 3.07. The SMILES string of the molecule is CC(CO)(CO)NCc1c2ccccc2cc2oc3ccccc3c12.CS(=O)(=O)O. The summed E-state index contributed by atoms with van der Waals surface area (Å²) in [6, 6.07) is 18.3. The smallest absolute Gasteiger partial charge is 0.261 e. The van der Waals surface area contributed by atoms with E-state index in [0.717, 1.165) is 38.3 Å². The van der Waals surface area contributed by atoms with Crippen LogP contribution < -0.4 is 5.32 Å². The third-order valence-electron chi connectivity index (χ3n) is 4.89. The Hall–Kier alpha value is -2.49. The zero-order valence-corrected chi connectivity index (χ0v) is 17.6. The molecule has 8 heteroatoms. The van der Waals surface area contributed by atoms with Crippen LogP contribution in [0.15, 0.2) is 59.0 Å². The van der Waals surface area contributed by atoms with Crippen molar-refractivity contribution >= 4 is 42.8 Å². The third-order valence-corrected chi connectivity index (χ3v) is 4.89. The Kier molecular flexibility index (Phi) is 6.44. The molecule has 3 aromatic carbocycles. The third kappa shape index (κ3) is 4.97. The molecule has 0 atom stereocenters. The second-order valence-electron chi connectivity index (χ2n) is 7.51. The molecule has 0 radical (unpaired) electrons. The van der Waals surface area contributed by atoms with E-state index >= 15 is 0 Å². The quantitative estimate of drug-likeness (QED) is 0.359. The number of benzene rings is 3. The molecule has 160 valence electrons. The molecule has 0 fully saturated rings. The highest BCUT2D eigenvalue weighted by molar-refractivity contribution is 7.85. The minimum absolute atomic E-state index is 0.135. The fourth-order valence-corrected chi connectivity index (χ4v) is 3.30. The normalized spacial score (nSPS) is 12.3. The van der Waals surface area contributed by atoms with Gasteiger partial charge in [-0.05, 0) is 35.4 Å². The van der Waals surface area contributed by atoms with Gasteiger partial charge in [0.1, 0.15) is 11.2 Å². The van der Waals surface area contributed by atoms with Crippen molar-refractivity contribution in [1.82, 2.24) is 5.32 Å². The molecule has 1 aromatic heterocycles. The molecule has 0 bridgehead atoms. The van der Waals surface area contributed by atoms with Gasteiger partial charge in [0.15, 0.2) is 0 Å². The van der Waals surface area contributed by atoms with Crippen LogP contribution in [0.4, 0.5) is 0 Å². The van der Waals surface area contributed by atoms with Crippen LogP contribution in [0.1, 0.15) is 12.5 Å². The van der Waals surface area contributed by atoms with Gasteiger partial charge in [0.05, 0.1) is 25.0 Å². The highest BCUT2D eigenvalue weighted by Crippen LogP contribution is 2.36. The van der Waals surface area contributed by atoms with Crippen LogP contribution in [0.25, 0.3) is 32.7 Å². The van der Waals surface area contributed by atoms with Crippen molar-refractivity contribution in [2.75, 3.05) is 19.5 Å². The lowest BCUT2D eigenvalue weighted by Crippen LogP contribution is -2.48. The number of aliphatic hydroxyl groups excluding tert-OH is 2. The Bertz CT molecular complexity index is 1270. The number of fused-ring (bicyclic) bond motifs is 4. The van der Waals surface area contributed by atoms with Crippen molar-refractivity contribution < 1.29 is 27.6 Å². The summed E-state index contributed by atoms with van der Waals surface area (Å²) in [5, 5.41) is 26.9. The predicted molar refractivity (Wildman–Crippen MR) is 118 cm³/mol. The van der Waals surface area contributed by atoms with Crippen LogP contribution in [-0.2, 0) is 16.7 Å². The highest BCUT2D eigenvalue weighted by atomic mass is 32.2. The monoisotopic (exact) mass is 431 g/mol. The van der Waals surface area contributed by atoms with E-state index < -0.39 is 15.7 Å². The molecule has 30 heavy (non-hydrogen) atoms. The zero-order valence-electron chi connectivity index (χ0n) is 16.8. The van der Waals surface area contributed by atoms with Gasteiger partial charge in [-0.1, -0.05) is 42.5 Å². The first kappa shape index (κ1) is 22.2. The van der Waals surface area contributed by atoms with E-state index in [4.69, 9.17) is 8.97 Å². The summed E-state index contributed by atoms with van der Waals surface area (Å²) >= 11 is 0. The second-order valence-corrected chi connectivity index (χ2v) is 8.98. The fourth-order valence-electron chi connectivity index (χ4n) is 3.30. The molecule has 0 unspecified atom stereocenters. The summed E-state index contributed by atoms with van der Waals surface area (Å²) in [4.78, 5) is 0. The van der Waals surface area contributed by atoms with E-state index in [-0.39, 0.29) is 13.2 Å². The Morgan fingerprint density at radius 1 is 0.967 bits per heavy atom. The summed E-state index contributed by atoms with van der Waals surface area (Å²) < 4.78 is 31.9. The summed E-state index contributed by atoms with van der Waals surface area (Å²) in [5.74, 6) is 0. The highest BCUT2D eigenvalue weighted by Gasteiger charge is 2.23. The first-order valence-electron chi connectivity index (χ1n) is 9.36. The Morgan fingerprint density at radius 2 is 1.53 bits per heavy atom. The summed E-state index contributed by atoms with van der Waals surface area (Å²) in [7, 11) is -3.67. The van der Waals surface area contributed by atoms with Gasteiger partial charge >= 0.3 is 0 Å². The number of furan rings is 1. The Morgan fingerprint density at radius 3 is 2.17 bits per heavy atom. The molecule has 4 N–H and O–H groups in total. The van der Waals surface area contributed by atoms with Crippen LogP contribution in [0, 0.1) is 0 Å². The Labute approximate surface area is 174 Å². The predicted octanol–water partition coefficient (Wildman–Crippen LogP) is 3.08. The molecule has 0 saturated carbocycles. The summed E-state index contributed by atoms with van der Waals surface area (Å²) in [6.07, 6.45) is 0.715. The molecule has 0 aliphatic rings. The van der Waals surface area contributed by atoms with Crippen LogP contribution in [0.5, 0.6) is 0 Å². The van der Waals surface area contributed by atoms with E-state index in [1.165, 1.54) is 0 Å². The van der Waals surface area contributed by atoms with Crippen molar-refractivity contribution in [2.45, 2.75) is 19.0 Å². The molecular formula is C22H25NO6S. The first-order chi connectivity index (χ1) is 14.1. The van der Waals surface area contributed by atoms with Gasteiger partial charge in [0, 0.05) is 17.3 Å². The van der Waals surface area contributed by atoms with Gasteiger partial charge in [0.25, 0.3) is 10.1 Å². The minimum Gasteiger partial charge on any atom is -0.456 e. The van der Waals surface area contributed by atoms with Gasteiger partial charge in [0.2, 0.25) is 0 Å². The van der Waals surface area contributed by atoms with Crippen LogP contribution in [0.3, 0.4) is 0 Å². The van der Waals surface area contributed by atoms with E-state index in [2.05, 4.69) is 29.6 Å². The van der Waals surface area contributed by atoms with E-state index in [1.54, 1.807) is 0 Å². The lowest BCUT2D eigenvalue weighted by Gasteiger charge is -2.27. The van der Waals surface area contributed by atoms with Crippen molar-refractivity contribution in [1.29, 1.82) is 0 Å². The molecule has 4 rings (SSSR count). The second kappa shape index (κ2) is 8.71. The minimum atomic E-state index is -3.67. The van der Waals surface area contributed by atoms with Crippen LogP contribution in [-0.4, -0.2) is 48.2 Å². The molecule has 0 amide bonds. The number of rotatable bonds is 5. The van der Waals surface area contributed by atoms with Gasteiger partial charge < -0.3 is 19.9 Å². The molecule has 4 aromatic rings. The van der Waals surface area contributed by atoms with Gasteiger partial charge in [-0.2, -0.15) is 8.42 Å². The number of nitrogens with one attached hydrogen (secondary N) is 1. The first-order valence-corrected chi connectivity index (χ1v) is 11.2.